The van der Waals surface area contributed by atoms with Gasteiger partial charge in [0.25, 0.3) is 11.6 Å². The van der Waals surface area contributed by atoms with E-state index in [0.717, 1.165) is 101 Å². The van der Waals surface area contributed by atoms with Gasteiger partial charge in [-0.3, -0.25) is 14.9 Å². The van der Waals surface area contributed by atoms with Crippen LogP contribution in [0.1, 0.15) is 35.3 Å². The first-order chi connectivity index (χ1) is 30.2. The number of carbonyl (C=O) groups is 1. The van der Waals surface area contributed by atoms with E-state index in [4.69, 9.17) is 11.6 Å². The van der Waals surface area contributed by atoms with E-state index in [2.05, 4.69) is 70.4 Å². The molecule has 3 N–H and O–H groups in total. The molecule has 5 aromatic carbocycles. The first-order valence-corrected chi connectivity index (χ1v) is 23.1. The summed E-state index contributed by atoms with van der Waals surface area (Å²) < 4.78 is 8.60. The van der Waals surface area contributed by atoms with Crippen LogP contribution in [0, 0.1) is 17.0 Å². The minimum absolute atomic E-state index is 0.0188. The van der Waals surface area contributed by atoms with E-state index in [0.29, 0.717) is 22.8 Å². The predicted molar refractivity (Wildman–Crippen MR) is 258 cm³/mol. The molecule has 0 unspecified atom stereocenters. The zero-order valence-electron chi connectivity index (χ0n) is 35.0. The molecule has 2 aliphatic rings. The molecule has 1 aromatic heterocycles. The number of rotatable bonds is 15. The van der Waals surface area contributed by atoms with Crippen LogP contribution in [0.15, 0.2) is 131 Å². The molecule has 62 heavy (non-hydrogen) atoms. The van der Waals surface area contributed by atoms with Crippen molar-refractivity contribution < 1.29 is 9.72 Å². The van der Waals surface area contributed by atoms with Crippen molar-refractivity contribution >= 4 is 69.8 Å². The van der Waals surface area contributed by atoms with Gasteiger partial charge in [-0.1, -0.05) is 60.5 Å². The molecule has 2 aliphatic heterocycles. The van der Waals surface area contributed by atoms with Crippen LogP contribution in [-0.4, -0.2) is 72.7 Å². The van der Waals surface area contributed by atoms with Gasteiger partial charge in [-0.15, -0.1) is 0 Å². The molecule has 3 heterocycles. The fraction of sp³-hybridized carbons (Fsp3) is 0.271. The zero-order chi connectivity index (χ0) is 43.0. The third-order valence-electron chi connectivity index (χ3n) is 11.7. The number of anilines is 4. The molecule has 8 rings (SSSR count). The average molecular weight is 888 g/mol. The van der Waals surface area contributed by atoms with Crippen LogP contribution in [-0.2, 0) is 7.05 Å². The largest absolute Gasteiger partial charge is 0.368 e. The van der Waals surface area contributed by atoms with Crippen LogP contribution in [0.25, 0.3) is 22.4 Å². The minimum Gasteiger partial charge on any atom is -0.368 e. The molecule has 0 aliphatic carbocycles. The molecule has 0 radical (unpaired) electrons. The van der Waals surface area contributed by atoms with Gasteiger partial charge >= 0.3 is 0 Å². The maximum atomic E-state index is 14.1. The van der Waals surface area contributed by atoms with Crippen molar-refractivity contribution in [2.75, 3.05) is 71.6 Å². The lowest BCUT2D eigenvalue weighted by Crippen LogP contribution is -2.46. The average Bonchev–Trinajstić information content (AvgIpc) is 3.58. The summed E-state index contributed by atoms with van der Waals surface area (Å²) in [6.07, 6.45) is 3.73. The molecule has 0 bridgehead atoms. The van der Waals surface area contributed by atoms with E-state index >= 15 is 0 Å². The molecule has 11 nitrogen and oxygen atoms in total. The normalized spacial score (nSPS) is 14.4. The van der Waals surface area contributed by atoms with Crippen LogP contribution >= 0.6 is 35.5 Å². The standard InChI is InChI=1S/C48H51ClN8O3S2/c1-34-45(48(58)50-24-27-54-25-7-4-8-26-54)46(47(53(34)2)35-14-16-37(49)17-15-35)36-10-9-11-40(32-36)56-30-28-55(29-31-56)39-20-18-38(19-21-39)51-62-42-22-23-43(44(33-42)57(59)60)52-61-41-12-5-3-6-13-41/h3,5-6,9-23,32-33,51-52H,4,7-8,24-31H2,1-2H3,(H,50,58). The summed E-state index contributed by atoms with van der Waals surface area (Å²) in [4.78, 5) is 34.6. The molecule has 320 valence electrons. The van der Waals surface area contributed by atoms with Crippen LogP contribution in [0.2, 0.25) is 5.02 Å². The van der Waals surface area contributed by atoms with Gasteiger partial charge in [0.15, 0.2) is 0 Å². The Kier molecular flexibility index (Phi) is 13.9. The number of nitro benzene ring substituents is 1. The van der Waals surface area contributed by atoms with Crippen molar-refractivity contribution in [3.05, 3.63) is 148 Å². The van der Waals surface area contributed by atoms with Crippen molar-refractivity contribution in [3.63, 3.8) is 0 Å². The molecular formula is C48H51ClN8O3S2. The lowest BCUT2D eigenvalue weighted by atomic mass is 9.95. The second-order valence-corrected chi connectivity index (χ2v) is 17.8. The molecule has 0 atom stereocenters. The number of carbonyl (C=O) groups excluding carboxylic acids is 1. The van der Waals surface area contributed by atoms with E-state index in [1.807, 2.05) is 86.8 Å². The SMILES string of the molecule is Cc1c(C(=O)NCCN2CCCCC2)c(-c2cccc(N3CCN(c4ccc(NSc5ccc(NSc6ccccc6)c([N+](=O)[O-])c5)cc4)CC3)c2)c(-c2ccc(Cl)cc2)n1C. The quantitative estimate of drug-likeness (QED) is 0.0524. The van der Waals surface area contributed by atoms with Crippen LogP contribution in [0.5, 0.6) is 0 Å². The topological polar surface area (TPSA) is 111 Å². The summed E-state index contributed by atoms with van der Waals surface area (Å²) in [5, 5.41) is 15.8. The van der Waals surface area contributed by atoms with Gasteiger partial charge in [-0.2, -0.15) is 0 Å². The number of nitrogens with zero attached hydrogens (tertiary/aromatic N) is 5. The number of piperidine rings is 1. The van der Waals surface area contributed by atoms with Gasteiger partial charge < -0.3 is 34.0 Å². The third-order valence-corrected chi connectivity index (χ3v) is 13.6. The van der Waals surface area contributed by atoms with Gasteiger partial charge in [-0.25, -0.2) is 0 Å². The van der Waals surface area contributed by atoms with Gasteiger partial charge in [0.2, 0.25) is 0 Å². The Balaban J connectivity index is 0.920. The molecule has 6 aromatic rings. The van der Waals surface area contributed by atoms with E-state index in [9.17, 15) is 14.9 Å². The van der Waals surface area contributed by atoms with E-state index < -0.39 is 0 Å². The molecule has 0 saturated carbocycles. The highest BCUT2D eigenvalue weighted by Crippen LogP contribution is 2.41. The zero-order valence-corrected chi connectivity index (χ0v) is 37.4. The van der Waals surface area contributed by atoms with Crippen LogP contribution < -0.4 is 24.6 Å². The van der Waals surface area contributed by atoms with E-state index in [-0.39, 0.29) is 16.5 Å². The summed E-state index contributed by atoms with van der Waals surface area (Å²) in [6.45, 7) is 9.08. The highest BCUT2D eigenvalue weighted by Gasteiger charge is 2.27. The Morgan fingerprint density at radius 1 is 0.726 bits per heavy atom. The first kappa shape index (κ1) is 43.1. The van der Waals surface area contributed by atoms with Crippen molar-refractivity contribution in [3.8, 4) is 22.4 Å². The van der Waals surface area contributed by atoms with Crippen molar-refractivity contribution in [1.82, 2.24) is 14.8 Å². The highest BCUT2D eigenvalue weighted by molar-refractivity contribution is 8.00. The number of hydrogen-bond acceptors (Lipinski definition) is 10. The Morgan fingerprint density at radius 2 is 1.42 bits per heavy atom. The number of amides is 1. The summed E-state index contributed by atoms with van der Waals surface area (Å²) in [5.74, 6) is -0.0475. The fourth-order valence-corrected chi connectivity index (χ4v) is 9.76. The smallest absolute Gasteiger partial charge is 0.294 e. The second-order valence-electron chi connectivity index (χ2n) is 15.6. The maximum Gasteiger partial charge on any atom is 0.294 e. The van der Waals surface area contributed by atoms with Crippen molar-refractivity contribution in [2.24, 2.45) is 7.05 Å². The second kappa shape index (κ2) is 20.1. The summed E-state index contributed by atoms with van der Waals surface area (Å²) in [7, 11) is 2.04. The van der Waals surface area contributed by atoms with Gasteiger partial charge in [0.05, 0.1) is 16.2 Å². The van der Waals surface area contributed by atoms with Gasteiger partial charge in [-0.05, 0) is 141 Å². The first-order valence-electron chi connectivity index (χ1n) is 21.1. The predicted octanol–water partition coefficient (Wildman–Crippen LogP) is 11.0. The number of nitrogens with one attached hydrogen (secondary N) is 3. The Morgan fingerprint density at radius 3 is 2.13 bits per heavy atom. The number of benzene rings is 5. The van der Waals surface area contributed by atoms with E-state index in [1.165, 1.54) is 43.2 Å². The molecule has 2 fully saturated rings. The molecule has 0 spiro atoms. The number of piperazine rings is 1. The highest BCUT2D eigenvalue weighted by atomic mass is 35.5. The number of hydrogen-bond donors (Lipinski definition) is 3. The Hall–Kier alpha value is -5.60. The minimum atomic E-state index is -0.360. The number of aromatic nitrogens is 1. The monoisotopic (exact) mass is 886 g/mol. The molecule has 1 amide bonds. The maximum absolute atomic E-state index is 14.1. The van der Waals surface area contributed by atoms with Crippen LogP contribution in [0.3, 0.4) is 0 Å². The molecule has 2 saturated heterocycles. The molecule has 14 heteroatoms. The third kappa shape index (κ3) is 10.2. The summed E-state index contributed by atoms with van der Waals surface area (Å²) >= 11 is 9.01. The van der Waals surface area contributed by atoms with Crippen LogP contribution in [0.4, 0.5) is 28.4 Å². The van der Waals surface area contributed by atoms with E-state index in [1.54, 1.807) is 12.1 Å². The number of likely N-dealkylation sites (tertiary alicyclic amines) is 1. The summed E-state index contributed by atoms with van der Waals surface area (Å²) in [6, 6.07) is 39.7. The van der Waals surface area contributed by atoms with Gasteiger partial charge in [0, 0.05) is 95.5 Å². The number of nitro groups is 1. The lowest BCUT2D eigenvalue weighted by Gasteiger charge is -2.37. The lowest BCUT2D eigenvalue weighted by molar-refractivity contribution is -0.384. The fourth-order valence-electron chi connectivity index (χ4n) is 8.26. The Bertz CT molecular complexity index is 2490. The van der Waals surface area contributed by atoms with Crippen molar-refractivity contribution in [1.29, 1.82) is 0 Å². The van der Waals surface area contributed by atoms with Gasteiger partial charge in [0.1, 0.15) is 5.69 Å². The number of halogens is 1. The summed E-state index contributed by atoms with van der Waals surface area (Å²) in [5.41, 5.74) is 9.20. The molecular weight excluding hydrogens is 836 g/mol. The Labute approximate surface area is 377 Å². The van der Waals surface area contributed by atoms with Crippen molar-refractivity contribution in [2.45, 2.75) is 36.0 Å².